The van der Waals surface area contributed by atoms with Gasteiger partial charge in [-0.05, 0) is 24.0 Å². The molecule has 0 N–H and O–H groups in total. The van der Waals surface area contributed by atoms with Gasteiger partial charge in [0.25, 0.3) is 0 Å². The Kier molecular flexibility index (Phi) is 6.95. The van der Waals surface area contributed by atoms with Crippen LogP contribution in [0.4, 0.5) is 0 Å². The summed E-state index contributed by atoms with van der Waals surface area (Å²) in [5, 5.41) is 4.34. The average molecular weight is 383 g/mol. The average Bonchev–Trinajstić information content (AvgIpc) is 3.15. The van der Waals surface area contributed by atoms with E-state index in [-0.39, 0.29) is 5.91 Å². The summed E-state index contributed by atoms with van der Waals surface area (Å²) < 4.78 is 6.90. The van der Waals surface area contributed by atoms with Crippen molar-refractivity contribution in [1.29, 1.82) is 0 Å². The van der Waals surface area contributed by atoms with Gasteiger partial charge in [-0.3, -0.25) is 14.4 Å². The topological polar surface area (TPSA) is 63.5 Å². The molecular formula is C21H29N5O2. The van der Waals surface area contributed by atoms with E-state index < -0.39 is 0 Å². The Morgan fingerprint density at radius 1 is 1.25 bits per heavy atom. The maximum absolute atomic E-state index is 12.6. The molecule has 0 aliphatic carbocycles. The van der Waals surface area contributed by atoms with Crippen molar-refractivity contribution < 1.29 is 9.53 Å². The molecular weight excluding hydrogens is 354 g/mol. The molecule has 3 rings (SSSR count). The zero-order chi connectivity index (χ0) is 19.9. The van der Waals surface area contributed by atoms with Crippen molar-refractivity contribution in [3.63, 3.8) is 0 Å². The number of nitrogens with zero attached hydrogens (tertiary/aromatic N) is 5. The van der Waals surface area contributed by atoms with Crippen LogP contribution in [0.1, 0.15) is 25.3 Å². The first-order valence-corrected chi connectivity index (χ1v) is 9.75. The molecule has 0 spiro atoms. The summed E-state index contributed by atoms with van der Waals surface area (Å²) in [4.78, 5) is 20.8. The Labute approximate surface area is 166 Å². The van der Waals surface area contributed by atoms with Crippen LogP contribution in [0.25, 0.3) is 17.0 Å². The van der Waals surface area contributed by atoms with Gasteiger partial charge in [-0.25, -0.2) is 4.98 Å². The zero-order valence-electron chi connectivity index (χ0n) is 17.0. The van der Waals surface area contributed by atoms with E-state index in [2.05, 4.69) is 47.3 Å². The fraction of sp³-hybridized carbons (Fsp3) is 0.476. The monoisotopic (exact) mass is 383 g/mol. The van der Waals surface area contributed by atoms with E-state index in [1.165, 1.54) is 11.1 Å². The van der Waals surface area contributed by atoms with Crippen LogP contribution < -0.4 is 0 Å². The molecule has 0 bridgehead atoms. The molecule has 1 aliphatic heterocycles. The number of hydrogen-bond donors (Lipinski definition) is 0. The predicted molar refractivity (Wildman–Crippen MR) is 109 cm³/mol. The van der Waals surface area contributed by atoms with Gasteiger partial charge in [-0.1, -0.05) is 37.3 Å². The third kappa shape index (κ3) is 5.05. The first kappa shape index (κ1) is 20.2. The largest absolute Gasteiger partial charge is 0.369 e. The molecule has 0 radical (unpaired) electrons. The highest BCUT2D eigenvalue weighted by molar-refractivity contribution is 5.80. The number of aromatic nitrogens is 3. The minimum Gasteiger partial charge on any atom is -0.369 e. The summed E-state index contributed by atoms with van der Waals surface area (Å²) in [5.41, 5.74) is 3.48. The molecule has 0 saturated heterocycles. The smallest absolute Gasteiger partial charge is 0.237 e. The third-order valence-corrected chi connectivity index (χ3v) is 4.89. The molecule has 1 aliphatic rings. The van der Waals surface area contributed by atoms with Crippen LogP contribution in [0.15, 0.2) is 36.7 Å². The van der Waals surface area contributed by atoms with Gasteiger partial charge in [-0.2, -0.15) is 5.10 Å². The molecule has 7 nitrogen and oxygen atoms in total. The van der Waals surface area contributed by atoms with E-state index in [0.717, 1.165) is 37.3 Å². The molecule has 2 aromatic rings. The molecule has 2 heterocycles. The lowest BCUT2D eigenvalue weighted by Crippen LogP contribution is -2.43. The van der Waals surface area contributed by atoms with Crippen LogP contribution in [-0.4, -0.2) is 70.5 Å². The maximum atomic E-state index is 12.6. The SMILES string of the molecule is CCCN(COC)CC(=O)N1CC=C(c2ccc(-c3ncn(C)n3)cc2)CC1. The second kappa shape index (κ2) is 9.61. The van der Waals surface area contributed by atoms with Crippen molar-refractivity contribution in [2.45, 2.75) is 19.8 Å². The van der Waals surface area contributed by atoms with Gasteiger partial charge >= 0.3 is 0 Å². The van der Waals surface area contributed by atoms with Crippen LogP contribution in [0, 0.1) is 0 Å². The van der Waals surface area contributed by atoms with Gasteiger partial charge in [0, 0.05) is 39.4 Å². The number of ether oxygens (including phenoxy) is 1. The normalized spacial score (nSPS) is 14.4. The number of benzene rings is 1. The minimum absolute atomic E-state index is 0.164. The summed E-state index contributed by atoms with van der Waals surface area (Å²) >= 11 is 0. The minimum atomic E-state index is 0.164. The molecule has 150 valence electrons. The molecule has 0 fully saturated rings. The zero-order valence-corrected chi connectivity index (χ0v) is 17.0. The molecule has 0 atom stereocenters. The standard InChI is InChI=1S/C21H29N5O2/c1-4-11-25(16-28-3)14-20(27)26-12-9-18(10-13-26)17-5-7-19(8-6-17)21-22-15-24(2)23-21/h5-9,15H,4,10-14,16H2,1-3H3. The second-order valence-corrected chi connectivity index (χ2v) is 7.11. The summed E-state index contributed by atoms with van der Waals surface area (Å²) in [6, 6.07) is 8.32. The highest BCUT2D eigenvalue weighted by Gasteiger charge is 2.20. The van der Waals surface area contributed by atoms with Gasteiger partial charge in [0.2, 0.25) is 5.91 Å². The Morgan fingerprint density at radius 3 is 2.57 bits per heavy atom. The molecule has 1 aromatic heterocycles. The quantitative estimate of drug-likeness (QED) is 0.655. The number of hydrogen-bond acceptors (Lipinski definition) is 5. The van der Waals surface area contributed by atoms with Crippen LogP contribution in [0.5, 0.6) is 0 Å². The Morgan fingerprint density at radius 2 is 2.00 bits per heavy atom. The highest BCUT2D eigenvalue weighted by atomic mass is 16.5. The van der Waals surface area contributed by atoms with E-state index >= 15 is 0 Å². The van der Waals surface area contributed by atoms with Crippen molar-refractivity contribution in [3.05, 3.63) is 42.2 Å². The van der Waals surface area contributed by atoms with Crippen molar-refractivity contribution in [2.24, 2.45) is 7.05 Å². The summed E-state index contributed by atoms with van der Waals surface area (Å²) in [5.74, 6) is 0.897. The molecule has 1 amide bonds. The lowest BCUT2D eigenvalue weighted by molar-refractivity contribution is -0.133. The van der Waals surface area contributed by atoms with Crippen LogP contribution in [-0.2, 0) is 16.6 Å². The van der Waals surface area contributed by atoms with Crippen molar-refractivity contribution in [1.82, 2.24) is 24.6 Å². The van der Waals surface area contributed by atoms with E-state index in [0.29, 0.717) is 19.8 Å². The van der Waals surface area contributed by atoms with Crippen molar-refractivity contribution >= 4 is 11.5 Å². The summed E-state index contributed by atoms with van der Waals surface area (Å²) in [6.45, 7) is 5.29. The second-order valence-electron chi connectivity index (χ2n) is 7.11. The lowest BCUT2D eigenvalue weighted by atomic mass is 9.98. The maximum Gasteiger partial charge on any atom is 0.237 e. The van der Waals surface area contributed by atoms with E-state index in [9.17, 15) is 4.79 Å². The van der Waals surface area contributed by atoms with Gasteiger partial charge in [0.1, 0.15) is 6.33 Å². The summed E-state index contributed by atoms with van der Waals surface area (Å²) in [6.07, 6.45) is 5.73. The number of carbonyl (C=O) groups is 1. The van der Waals surface area contributed by atoms with Crippen molar-refractivity contribution in [3.8, 4) is 11.4 Å². The molecule has 7 heteroatoms. The molecule has 1 aromatic carbocycles. The van der Waals surface area contributed by atoms with Crippen LogP contribution >= 0.6 is 0 Å². The molecule has 0 unspecified atom stereocenters. The molecule has 28 heavy (non-hydrogen) atoms. The first-order valence-electron chi connectivity index (χ1n) is 9.75. The van der Waals surface area contributed by atoms with Gasteiger partial charge in [0.15, 0.2) is 5.82 Å². The van der Waals surface area contributed by atoms with Crippen LogP contribution in [0.3, 0.4) is 0 Å². The fourth-order valence-electron chi connectivity index (χ4n) is 3.44. The highest BCUT2D eigenvalue weighted by Crippen LogP contribution is 2.25. The van der Waals surface area contributed by atoms with Gasteiger partial charge < -0.3 is 9.64 Å². The Balaban J connectivity index is 1.59. The predicted octanol–water partition coefficient (Wildman–Crippen LogP) is 2.41. The van der Waals surface area contributed by atoms with Crippen LogP contribution in [0.2, 0.25) is 0 Å². The summed E-state index contributed by atoms with van der Waals surface area (Å²) in [7, 11) is 3.53. The number of amides is 1. The number of rotatable bonds is 8. The van der Waals surface area contributed by atoms with E-state index in [1.54, 1.807) is 18.1 Å². The third-order valence-electron chi connectivity index (χ3n) is 4.89. The van der Waals surface area contributed by atoms with Gasteiger partial charge in [0.05, 0.1) is 13.3 Å². The Hall–Kier alpha value is -2.51. The van der Waals surface area contributed by atoms with E-state index in [1.807, 2.05) is 16.8 Å². The van der Waals surface area contributed by atoms with E-state index in [4.69, 9.17) is 4.74 Å². The lowest BCUT2D eigenvalue weighted by Gasteiger charge is -2.29. The first-order chi connectivity index (χ1) is 13.6. The number of methoxy groups -OCH3 is 1. The Bertz CT molecular complexity index is 806. The number of aryl methyl sites for hydroxylation is 1. The van der Waals surface area contributed by atoms with Gasteiger partial charge in [-0.15, -0.1) is 0 Å². The number of carbonyl (C=O) groups excluding carboxylic acids is 1. The van der Waals surface area contributed by atoms with Crippen molar-refractivity contribution in [2.75, 3.05) is 40.0 Å². The molecule has 0 saturated carbocycles. The fourth-order valence-corrected chi connectivity index (χ4v) is 3.44.